The van der Waals surface area contributed by atoms with Gasteiger partial charge in [-0.25, -0.2) is 0 Å². The second kappa shape index (κ2) is 7.49. The molecule has 2 heterocycles. The lowest BCUT2D eigenvalue weighted by molar-refractivity contribution is -0.119. The summed E-state index contributed by atoms with van der Waals surface area (Å²) in [6, 6.07) is 8.09. The molecule has 1 aromatic heterocycles. The van der Waals surface area contributed by atoms with Crippen LogP contribution in [0.1, 0.15) is 12.8 Å². The number of thioether (sulfide) groups is 1. The van der Waals surface area contributed by atoms with Gasteiger partial charge in [-0.1, -0.05) is 35.2 Å². The van der Waals surface area contributed by atoms with Crippen molar-refractivity contribution in [3.63, 3.8) is 0 Å². The van der Waals surface area contributed by atoms with Crippen LogP contribution < -0.4 is 20.1 Å². The van der Waals surface area contributed by atoms with Crippen LogP contribution in [0.25, 0.3) is 0 Å². The third-order valence-electron chi connectivity index (χ3n) is 3.73. The molecule has 1 aliphatic carbocycles. The lowest BCUT2D eigenvalue weighted by atomic mass is 10.2. The maximum absolute atomic E-state index is 12.0. The summed E-state index contributed by atoms with van der Waals surface area (Å²) < 4.78 is 12.2. The fraction of sp³-hybridized carbons (Fsp3) is 0.438. The predicted octanol–water partition coefficient (Wildman–Crippen LogP) is 2.16. The second-order valence-corrected chi connectivity index (χ2v) is 8.08. The number of aromatic nitrogens is 2. The number of amides is 1. The monoisotopic (exact) mass is 378 g/mol. The third-order valence-corrected chi connectivity index (χ3v) is 5.72. The fourth-order valence-corrected chi connectivity index (χ4v) is 3.96. The maximum atomic E-state index is 12.0. The van der Waals surface area contributed by atoms with Crippen LogP contribution in [0.4, 0.5) is 5.13 Å². The van der Waals surface area contributed by atoms with Crippen molar-refractivity contribution in [3.8, 4) is 11.5 Å². The van der Waals surface area contributed by atoms with E-state index in [2.05, 4.69) is 20.8 Å². The molecule has 7 nitrogen and oxygen atoms in total. The Morgan fingerprint density at radius 3 is 2.96 bits per heavy atom. The van der Waals surface area contributed by atoms with Crippen molar-refractivity contribution in [2.24, 2.45) is 0 Å². The van der Waals surface area contributed by atoms with Gasteiger partial charge in [-0.2, -0.15) is 0 Å². The summed E-state index contributed by atoms with van der Waals surface area (Å²) in [5.41, 5.74) is 0. The molecule has 9 heteroatoms. The number of para-hydroxylation sites is 2. The number of anilines is 1. The van der Waals surface area contributed by atoms with Crippen LogP contribution in [0.15, 0.2) is 28.6 Å². The molecule has 2 aromatic rings. The van der Waals surface area contributed by atoms with Crippen LogP contribution in [0, 0.1) is 0 Å². The highest BCUT2D eigenvalue weighted by Gasteiger charge is 2.23. The first-order valence-electron chi connectivity index (χ1n) is 8.14. The Morgan fingerprint density at radius 2 is 2.12 bits per heavy atom. The minimum Gasteiger partial charge on any atom is -0.486 e. The number of fused-ring (bicyclic) bond motifs is 1. The number of hydrogen-bond acceptors (Lipinski definition) is 8. The van der Waals surface area contributed by atoms with Gasteiger partial charge < -0.3 is 20.1 Å². The molecule has 0 spiro atoms. The van der Waals surface area contributed by atoms with Gasteiger partial charge in [-0.15, -0.1) is 10.2 Å². The summed E-state index contributed by atoms with van der Waals surface area (Å²) >= 11 is 2.88. The molecule has 0 radical (unpaired) electrons. The molecular formula is C16H18N4O3S2. The summed E-state index contributed by atoms with van der Waals surface area (Å²) in [5, 5.41) is 15.2. The molecule has 1 atom stereocenters. The van der Waals surface area contributed by atoms with Crippen LogP contribution in [0.2, 0.25) is 0 Å². The van der Waals surface area contributed by atoms with Crippen molar-refractivity contribution in [1.82, 2.24) is 15.5 Å². The van der Waals surface area contributed by atoms with Gasteiger partial charge in [0.1, 0.15) is 12.7 Å². The summed E-state index contributed by atoms with van der Waals surface area (Å²) in [6.45, 7) is 0.843. The van der Waals surface area contributed by atoms with Crippen molar-refractivity contribution in [2.45, 2.75) is 29.3 Å². The quantitative estimate of drug-likeness (QED) is 0.714. The molecule has 1 fully saturated rings. The van der Waals surface area contributed by atoms with Crippen molar-refractivity contribution in [1.29, 1.82) is 0 Å². The number of rotatable bonds is 7. The highest BCUT2D eigenvalue weighted by molar-refractivity contribution is 8.01. The summed E-state index contributed by atoms with van der Waals surface area (Å²) in [6.07, 6.45) is 2.21. The molecule has 4 rings (SSSR count). The minimum atomic E-state index is -0.181. The normalized spacial score (nSPS) is 18.6. The van der Waals surface area contributed by atoms with Crippen LogP contribution in [0.3, 0.4) is 0 Å². The number of nitrogens with zero attached hydrogens (tertiary/aromatic N) is 2. The fourth-order valence-electron chi connectivity index (χ4n) is 2.30. The largest absolute Gasteiger partial charge is 0.486 e. The Kier molecular flexibility index (Phi) is 4.93. The molecule has 2 aliphatic rings. The molecular weight excluding hydrogens is 360 g/mol. The molecule has 1 amide bonds. The van der Waals surface area contributed by atoms with E-state index in [9.17, 15) is 4.79 Å². The lowest BCUT2D eigenvalue weighted by Gasteiger charge is -2.26. The first kappa shape index (κ1) is 16.5. The van der Waals surface area contributed by atoms with Crippen LogP contribution >= 0.6 is 23.1 Å². The van der Waals surface area contributed by atoms with E-state index in [0.717, 1.165) is 15.2 Å². The number of carbonyl (C=O) groups excluding carboxylic acids is 1. The average molecular weight is 378 g/mol. The Hall–Kier alpha value is -2.00. The van der Waals surface area contributed by atoms with Crippen molar-refractivity contribution >= 4 is 34.1 Å². The molecule has 2 N–H and O–H groups in total. The van der Waals surface area contributed by atoms with Gasteiger partial charge in [0.2, 0.25) is 11.0 Å². The number of ether oxygens (including phenoxy) is 2. The zero-order valence-corrected chi connectivity index (χ0v) is 15.1. The zero-order valence-electron chi connectivity index (χ0n) is 13.4. The first-order valence-corrected chi connectivity index (χ1v) is 9.94. The van der Waals surface area contributed by atoms with Crippen molar-refractivity contribution < 1.29 is 14.3 Å². The Bertz CT molecular complexity index is 750. The topological polar surface area (TPSA) is 85.4 Å². The van der Waals surface area contributed by atoms with Gasteiger partial charge in [0.15, 0.2) is 15.8 Å². The lowest BCUT2D eigenvalue weighted by Crippen LogP contribution is -2.41. The summed E-state index contributed by atoms with van der Waals surface area (Å²) in [5.74, 6) is 1.71. The van der Waals surface area contributed by atoms with E-state index in [1.807, 2.05) is 24.3 Å². The van der Waals surface area contributed by atoms with Gasteiger partial charge in [0.05, 0.1) is 12.3 Å². The van der Waals surface area contributed by atoms with E-state index in [1.165, 1.54) is 35.9 Å². The predicted molar refractivity (Wildman–Crippen MR) is 96.6 cm³/mol. The van der Waals surface area contributed by atoms with Gasteiger partial charge in [-0.3, -0.25) is 4.79 Å². The number of carbonyl (C=O) groups is 1. The number of hydrogen-bond donors (Lipinski definition) is 2. The van der Waals surface area contributed by atoms with E-state index in [-0.39, 0.29) is 12.0 Å². The molecule has 1 unspecified atom stereocenters. The van der Waals surface area contributed by atoms with Gasteiger partial charge in [-0.05, 0) is 25.0 Å². The highest BCUT2D eigenvalue weighted by Crippen LogP contribution is 2.31. The van der Waals surface area contributed by atoms with E-state index in [4.69, 9.17) is 9.47 Å². The molecule has 0 bridgehead atoms. The van der Waals surface area contributed by atoms with Crippen molar-refractivity contribution in [2.75, 3.05) is 24.2 Å². The van der Waals surface area contributed by atoms with E-state index in [0.29, 0.717) is 30.7 Å². The summed E-state index contributed by atoms with van der Waals surface area (Å²) in [7, 11) is 0. The molecule has 1 aromatic carbocycles. The number of nitrogens with one attached hydrogen (secondary N) is 2. The maximum Gasteiger partial charge on any atom is 0.230 e. The highest BCUT2D eigenvalue weighted by atomic mass is 32.2. The standard InChI is InChI=1S/C16H18N4O3S2/c21-14(9-24-16-20-19-15(25-16)18-10-5-6-10)17-7-11-8-22-12-3-1-2-4-13(12)23-11/h1-4,10-11H,5-9H2,(H,17,21)(H,18,19). The second-order valence-electron chi connectivity index (χ2n) is 5.88. The molecule has 1 saturated carbocycles. The molecule has 25 heavy (non-hydrogen) atoms. The van der Waals surface area contributed by atoms with E-state index < -0.39 is 0 Å². The Balaban J connectivity index is 1.18. The Labute approximate surface area is 153 Å². The van der Waals surface area contributed by atoms with Gasteiger partial charge in [0, 0.05) is 6.04 Å². The molecule has 1 aliphatic heterocycles. The zero-order chi connectivity index (χ0) is 17.1. The van der Waals surface area contributed by atoms with Crippen molar-refractivity contribution in [3.05, 3.63) is 24.3 Å². The van der Waals surface area contributed by atoms with Gasteiger partial charge in [0.25, 0.3) is 0 Å². The van der Waals surface area contributed by atoms with E-state index >= 15 is 0 Å². The first-order chi connectivity index (χ1) is 12.3. The van der Waals surface area contributed by atoms with E-state index in [1.54, 1.807) is 0 Å². The Morgan fingerprint density at radius 1 is 1.28 bits per heavy atom. The third kappa shape index (κ3) is 4.55. The van der Waals surface area contributed by atoms with Gasteiger partial charge >= 0.3 is 0 Å². The molecule has 132 valence electrons. The van der Waals surface area contributed by atoms with Crippen LogP contribution in [-0.2, 0) is 4.79 Å². The molecule has 0 saturated heterocycles. The summed E-state index contributed by atoms with van der Waals surface area (Å²) in [4.78, 5) is 12.0. The minimum absolute atomic E-state index is 0.0561. The SMILES string of the molecule is O=C(CSc1nnc(NC2CC2)s1)NCC1COc2ccccc2O1. The average Bonchev–Trinajstić information content (AvgIpc) is 3.34. The van der Waals surface area contributed by atoms with Crippen LogP contribution in [-0.4, -0.2) is 47.2 Å². The smallest absolute Gasteiger partial charge is 0.230 e. The number of benzene rings is 1. The van der Waals surface area contributed by atoms with Crippen LogP contribution in [0.5, 0.6) is 11.5 Å².